The second-order valence-electron chi connectivity index (χ2n) is 9.88. The lowest BCUT2D eigenvalue weighted by molar-refractivity contribution is -0.141. The number of nitrogens with one attached hydrogen (secondary N) is 3. The number of amides is 4. The maximum atomic E-state index is 13.6. The highest BCUT2D eigenvalue weighted by Gasteiger charge is 2.43. The van der Waals surface area contributed by atoms with Crippen LogP contribution in [0.25, 0.3) is 0 Å². The number of benzene rings is 1. The van der Waals surface area contributed by atoms with Gasteiger partial charge in [0.15, 0.2) is 0 Å². The zero-order chi connectivity index (χ0) is 23.7. The van der Waals surface area contributed by atoms with Crippen LogP contribution >= 0.6 is 0 Å². The summed E-state index contributed by atoms with van der Waals surface area (Å²) in [6, 6.07) is 5.04. The minimum Gasteiger partial charge on any atom is -0.339 e. The molecule has 1 aliphatic carbocycles. The number of carbonyl (C=O) groups is 4. The number of nitrogens with zero attached hydrogens (tertiary/aromatic N) is 2. The number of rotatable bonds is 5. The van der Waals surface area contributed by atoms with Gasteiger partial charge in [-0.2, -0.15) is 0 Å². The van der Waals surface area contributed by atoms with Crippen molar-refractivity contribution in [2.75, 3.05) is 26.2 Å². The van der Waals surface area contributed by atoms with E-state index in [9.17, 15) is 19.2 Å². The van der Waals surface area contributed by atoms with Crippen molar-refractivity contribution in [3.05, 3.63) is 34.9 Å². The first-order valence-corrected chi connectivity index (χ1v) is 12.5. The van der Waals surface area contributed by atoms with E-state index < -0.39 is 17.5 Å². The molecule has 4 aliphatic rings. The quantitative estimate of drug-likeness (QED) is 0.549. The Kier molecular flexibility index (Phi) is 6.40. The van der Waals surface area contributed by atoms with Crippen LogP contribution in [0.3, 0.4) is 0 Å². The lowest BCUT2D eigenvalue weighted by atomic mass is 9.80. The summed E-state index contributed by atoms with van der Waals surface area (Å²) in [6.45, 7) is 3.96. The molecule has 3 fully saturated rings. The van der Waals surface area contributed by atoms with E-state index in [1.54, 1.807) is 11.0 Å². The summed E-state index contributed by atoms with van der Waals surface area (Å²) in [5, 5.41) is 9.30. The molecule has 3 heterocycles. The van der Waals surface area contributed by atoms with Crippen LogP contribution in [-0.2, 0) is 27.5 Å². The van der Waals surface area contributed by atoms with E-state index >= 15 is 0 Å². The van der Waals surface area contributed by atoms with Crippen molar-refractivity contribution in [2.45, 2.75) is 69.6 Å². The van der Waals surface area contributed by atoms with E-state index in [-0.39, 0.29) is 24.1 Å². The molecular weight excluding hydrogens is 434 g/mol. The molecule has 3 aliphatic heterocycles. The molecule has 9 nitrogen and oxygen atoms in total. The van der Waals surface area contributed by atoms with Crippen LogP contribution in [0.4, 0.5) is 0 Å². The van der Waals surface area contributed by atoms with Gasteiger partial charge in [0, 0.05) is 51.3 Å². The molecule has 182 valence electrons. The van der Waals surface area contributed by atoms with Crippen molar-refractivity contribution in [1.82, 2.24) is 25.8 Å². The molecule has 0 bridgehead atoms. The Bertz CT molecular complexity index is 997. The Hall–Kier alpha value is -2.78. The van der Waals surface area contributed by atoms with E-state index in [0.717, 1.165) is 69.4 Å². The molecule has 3 N–H and O–H groups in total. The van der Waals surface area contributed by atoms with Crippen molar-refractivity contribution in [3.8, 4) is 0 Å². The van der Waals surface area contributed by atoms with E-state index in [4.69, 9.17) is 0 Å². The van der Waals surface area contributed by atoms with Gasteiger partial charge in [-0.3, -0.25) is 29.8 Å². The summed E-state index contributed by atoms with van der Waals surface area (Å²) in [5.74, 6) is -0.666. The van der Waals surface area contributed by atoms with Gasteiger partial charge in [0.2, 0.25) is 17.7 Å². The fourth-order valence-corrected chi connectivity index (χ4v) is 5.87. The van der Waals surface area contributed by atoms with E-state index in [2.05, 4.69) is 16.0 Å². The van der Waals surface area contributed by atoms with Gasteiger partial charge in [0.05, 0.1) is 5.54 Å². The Balaban J connectivity index is 1.34. The number of piperidine rings is 1. The summed E-state index contributed by atoms with van der Waals surface area (Å²) < 4.78 is 0. The van der Waals surface area contributed by atoms with Gasteiger partial charge in [0.1, 0.15) is 6.04 Å². The second kappa shape index (κ2) is 9.46. The summed E-state index contributed by atoms with van der Waals surface area (Å²) >= 11 is 0. The number of imide groups is 1. The lowest BCUT2D eigenvalue weighted by Crippen LogP contribution is -2.61. The van der Waals surface area contributed by atoms with Crippen LogP contribution in [-0.4, -0.2) is 71.2 Å². The minimum absolute atomic E-state index is 0.171. The smallest absolute Gasteiger partial charge is 0.255 e. The molecule has 1 unspecified atom stereocenters. The fraction of sp³-hybridized carbons (Fsp3) is 0.600. The molecule has 9 heteroatoms. The maximum absolute atomic E-state index is 13.6. The minimum atomic E-state index is -0.627. The topological polar surface area (TPSA) is 111 Å². The first-order chi connectivity index (χ1) is 16.5. The number of piperazine rings is 1. The molecule has 1 saturated carbocycles. The van der Waals surface area contributed by atoms with Crippen LogP contribution < -0.4 is 16.0 Å². The van der Waals surface area contributed by atoms with Crippen molar-refractivity contribution in [3.63, 3.8) is 0 Å². The van der Waals surface area contributed by atoms with E-state index in [0.29, 0.717) is 25.1 Å². The second-order valence-corrected chi connectivity index (χ2v) is 9.88. The van der Waals surface area contributed by atoms with Crippen molar-refractivity contribution in [1.29, 1.82) is 0 Å². The summed E-state index contributed by atoms with van der Waals surface area (Å²) in [7, 11) is 0. The van der Waals surface area contributed by atoms with Gasteiger partial charge in [-0.1, -0.05) is 31.4 Å². The molecule has 2 saturated heterocycles. The molecule has 5 rings (SSSR count). The summed E-state index contributed by atoms with van der Waals surface area (Å²) in [4.78, 5) is 54.2. The molecule has 0 aromatic heterocycles. The highest BCUT2D eigenvalue weighted by atomic mass is 16.2. The maximum Gasteiger partial charge on any atom is 0.255 e. The van der Waals surface area contributed by atoms with Gasteiger partial charge < -0.3 is 15.1 Å². The number of hydrogen-bond acceptors (Lipinski definition) is 6. The molecular formula is C25H33N5O4. The van der Waals surface area contributed by atoms with Crippen LogP contribution in [0.1, 0.15) is 66.4 Å². The van der Waals surface area contributed by atoms with Gasteiger partial charge >= 0.3 is 0 Å². The molecule has 0 radical (unpaired) electrons. The number of carbonyl (C=O) groups excluding carboxylic acids is 4. The molecule has 4 amide bonds. The third-order valence-corrected chi connectivity index (χ3v) is 7.82. The average molecular weight is 468 g/mol. The highest BCUT2D eigenvalue weighted by molar-refractivity contribution is 6.05. The lowest BCUT2D eigenvalue weighted by Gasteiger charge is -2.42. The van der Waals surface area contributed by atoms with Crippen LogP contribution in [0, 0.1) is 0 Å². The predicted octanol–water partition coefficient (Wildman–Crippen LogP) is 0.672. The van der Waals surface area contributed by atoms with E-state index in [1.165, 1.54) is 0 Å². The molecule has 1 aromatic carbocycles. The Morgan fingerprint density at radius 2 is 1.85 bits per heavy atom. The Morgan fingerprint density at radius 1 is 1.09 bits per heavy atom. The van der Waals surface area contributed by atoms with Crippen molar-refractivity contribution >= 4 is 23.6 Å². The fourth-order valence-electron chi connectivity index (χ4n) is 5.87. The van der Waals surface area contributed by atoms with Gasteiger partial charge in [-0.15, -0.1) is 0 Å². The van der Waals surface area contributed by atoms with Gasteiger partial charge in [-0.25, -0.2) is 0 Å². The molecule has 1 aromatic rings. The van der Waals surface area contributed by atoms with Gasteiger partial charge in [0.25, 0.3) is 5.91 Å². The van der Waals surface area contributed by atoms with Gasteiger partial charge in [-0.05, 0) is 36.5 Å². The summed E-state index contributed by atoms with van der Waals surface area (Å²) in [6.07, 6.45) is 5.44. The first-order valence-electron chi connectivity index (χ1n) is 12.5. The number of fused-ring (bicyclic) bond motifs is 1. The normalized spacial score (nSPS) is 24.7. The van der Waals surface area contributed by atoms with Crippen molar-refractivity contribution in [2.24, 2.45) is 0 Å². The average Bonchev–Trinajstić information content (AvgIpc) is 3.20. The predicted molar refractivity (Wildman–Crippen MR) is 125 cm³/mol. The zero-order valence-electron chi connectivity index (χ0n) is 19.5. The van der Waals surface area contributed by atoms with Crippen LogP contribution in [0.15, 0.2) is 18.2 Å². The molecule has 0 spiro atoms. The number of hydrogen-bond donors (Lipinski definition) is 3. The first kappa shape index (κ1) is 23.0. The standard InChI is InChI=1S/C25H33N5O4/c31-21-8-7-20(22(32)28-21)30-16-19-17(5-4-6-18(19)23(30)33)15-27-25(9-2-1-3-10-25)24(34)29-13-11-26-12-14-29/h4-6,20,26-27H,1-3,7-16H2,(H,28,31,32). The summed E-state index contributed by atoms with van der Waals surface area (Å²) in [5.41, 5.74) is 1.93. The molecule has 34 heavy (non-hydrogen) atoms. The van der Waals surface area contributed by atoms with Crippen LogP contribution in [0.2, 0.25) is 0 Å². The Morgan fingerprint density at radius 3 is 2.59 bits per heavy atom. The monoisotopic (exact) mass is 467 g/mol. The highest BCUT2D eigenvalue weighted by Crippen LogP contribution is 2.33. The van der Waals surface area contributed by atoms with Crippen LogP contribution in [0.5, 0.6) is 0 Å². The largest absolute Gasteiger partial charge is 0.339 e. The molecule has 1 atom stereocenters. The zero-order valence-corrected chi connectivity index (χ0v) is 19.5. The van der Waals surface area contributed by atoms with Crippen molar-refractivity contribution < 1.29 is 19.2 Å². The third-order valence-electron chi connectivity index (χ3n) is 7.82. The third kappa shape index (κ3) is 4.22. The van der Waals surface area contributed by atoms with E-state index in [1.807, 2.05) is 17.0 Å². The Labute approximate surface area is 199 Å². The SMILES string of the molecule is O=C1CCC(N2Cc3c(CNC4(C(=O)N5CCNCC5)CCCCC4)cccc3C2=O)C(=O)N1.